The average Bonchev–Trinajstić information content (AvgIpc) is 2.85. The van der Waals surface area contributed by atoms with Gasteiger partial charge in [0.05, 0.1) is 0 Å². The van der Waals surface area contributed by atoms with Crippen LogP contribution in [-0.2, 0) is 12.8 Å². The lowest BCUT2D eigenvalue weighted by Crippen LogP contribution is -2.21. The Morgan fingerprint density at radius 3 is 2.94 bits per heavy atom. The number of fused-ring (bicyclic) bond motifs is 1. The summed E-state index contributed by atoms with van der Waals surface area (Å²) in [4.78, 5) is 0. The molecule has 0 spiro atoms. The average molecular weight is 243 g/mol. The highest BCUT2D eigenvalue weighted by Gasteiger charge is 2.15. The van der Waals surface area contributed by atoms with Crippen LogP contribution in [0.3, 0.4) is 0 Å². The summed E-state index contributed by atoms with van der Waals surface area (Å²) in [6.45, 7) is 7.03. The summed E-state index contributed by atoms with van der Waals surface area (Å²) in [6.07, 6.45) is 9.45. The van der Waals surface area contributed by atoms with Gasteiger partial charge in [0.25, 0.3) is 0 Å². The molecule has 1 heteroatoms. The zero-order chi connectivity index (χ0) is 12.8. The predicted octanol–water partition coefficient (Wildman–Crippen LogP) is 4.18. The van der Waals surface area contributed by atoms with Gasteiger partial charge in [-0.2, -0.15) is 0 Å². The second-order valence-corrected chi connectivity index (χ2v) is 5.21. The predicted molar refractivity (Wildman–Crippen MR) is 78.9 cm³/mol. The SMILES string of the molecule is C=CCCCC(NCC)c1ccc2c(c1)CCC2. The Bertz CT molecular complexity index is 395. The van der Waals surface area contributed by atoms with Gasteiger partial charge in [-0.25, -0.2) is 0 Å². The fraction of sp³-hybridized carbons (Fsp3) is 0.529. The molecule has 1 aromatic rings. The third kappa shape index (κ3) is 3.23. The third-order valence-electron chi connectivity index (χ3n) is 3.88. The van der Waals surface area contributed by atoms with E-state index in [0.29, 0.717) is 6.04 Å². The fourth-order valence-electron chi connectivity index (χ4n) is 2.91. The van der Waals surface area contributed by atoms with E-state index in [0.717, 1.165) is 13.0 Å². The van der Waals surface area contributed by atoms with Gasteiger partial charge in [0.1, 0.15) is 0 Å². The van der Waals surface area contributed by atoms with Crippen molar-refractivity contribution >= 4 is 0 Å². The first kappa shape index (κ1) is 13.4. The topological polar surface area (TPSA) is 12.0 Å². The Kier molecular flexibility index (Phi) is 5.00. The van der Waals surface area contributed by atoms with Crippen LogP contribution in [0.25, 0.3) is 0 Å². The van der Waals surface area contributed by atoms with Gasteiger partial charge >= 0.3 is 0 Å². The fourth-order valence-corrected chi connectivity index (χ4v) is 2.91. The zero-order valence-corrected chi connectivity index (χ0v) is 11.5. The van der Waals surface area contributed by atoms with Crippen LogP contribution in [0.4, 0.5) is 0 Å². The molecule has 0 fully saturated rings. The molecular weight excluding hydrogens is 218 g/mol. The van der Waals surface area contributed by atoms with Crippen LogP contribution in [0.2, 0.25) is 0 Å². The molecule has 1 atom stereocenters. The maximum Gasteiger partial charge on any atom is 0.0320 e. The van der Waals surface area contributed by atoms with Crippen molar-refractivity contribution in [1.82, 2.24) is 5.32 Å². The number of hydrogen-bond acceptors (Lipinski definition) is 1. The van der Waals surface area contributed by atoms with E-state index >= 15 is 0 Å². The lowest BCUT2D eigenvalue weighted by atomic mass is 9.97. The van der Waals surface area contributed by atoms with Crippen molar-refractivity contribution in [3.63, 3.8) is 0 Å². The maximum absolute atomic E-state index is 3.80. The zero-order valence-electron chi connectivity index (χ0n) is 11.5. The van der Waals surface area contributed by atoms with E-state index in [9.17, 15) is 0 Å². The molecular formula is C17H25N. The van der Waals surface area contributed by atoms with E-state index in [1.165, 1.54) is 37.7 Å². The highest BCUT2D eigenvalue weighted by atomic mass is 14.9. The van der Waals surface area contributed by atoms with Crippen LogP contribution < -0.4 is 5.32 Å². The summed E-state index contributed by atoms with van der Waals surface area (Å²) in [5, 5.41) is 3.61. The molecule has 0 bridgehead atoms. The quantitative estimate of drug-likeness (QED) is 0.559. The minimum atomic E-state index is 0.515. The van der Waals surface area contributed by atoms with Crippen molar-refractivity contribution in [3.05, 3.63) is 47.5 Å². The largest absolute Gasteiger partial charge is 0.310 e. The smallest absolute Gasteiger partial charge is 0.0320 e. The third-order valence-corrected chi connectivity index (χ3v) is 3.88. The van der Waals surface area contributed by atoms with Gasteiger partial charge in [0.15, 0.2) is 0 Å². The molecule has 1 N–H and O–H groups in total. The first-order chi connectivity index (χ1) is 8.85. The highest BCUT2D eigenvalue weighted by molar-refractivity contribution is 5.36. The molecule has 1 aromatic carbocycles. The van der Waals surface area contributed by atoms with E-state index in [1.54, 1.807) is 11.1 Å². The molecule has 0 aromatic heterocycles. The van der Waals surface area contributed by atoms with Crippen LogP contribution in [0.5, 0.6) is 0 Å². The molecule has 0 saturated heterocycles. The van der Waals surface area contributed by atoms with Crippen LogP contribution >= 0.6 is 0 Å². The molecule has 1 unspecified atom stereocenters. The van der Waals surface area contributed by atoms with E-state index in [2.05, 4.69) is 37.0 Å². The van der Waals surface area contributed by atoms with Gasteiger partial charge in [-0.05, 0) is 61.8 Å². The number of rotatable bonds is 7. The molecule has 1 aliphatic carbocycles. The molecule has 0 amide bonds. The Morgan fingerprint density at radius 1 is 1.33 bits per heavy atom. The Balaban J connectivity index is 2.06. The van der Waals surface area contributed by atoms with E-state index < -0.39 is 0 Å². The summed E-state index contributed by atoms with van der Waals surface area (Å²) in [5.41, 5.74) is 4.63. The monoisotopic (exact) mass is 243 g/mol. The molecule has 18 heavy (non-hydrogen) atoms. The Labute approximate surface area is 111 Å². The Hall–Kier alpha value is -1.08. The van der Waals surface area contributed by atoms with Crippen molar-refractivity contribution < 1.29 is 0 Å². The lowest BCUT2D eigenvalue weighted by molar-refractivity contribution is 0.500. The molecule has 98 valence electrons. The number of hydrogen-bond donors (Lipinski definition) is 1. The van der Waals surface area contributed by atoms with Crippen molar-refractivity contribution in [2.24, 2.45) is 0 Å². The minimum absolute atomic E-state index is 0.515. The standard InChI is InChI=1S/C17H25N/c1-3-5-6-10-17(18-4-2)16-12-11-14-8-7-9-15(14)13-16/h3,11-13,17-18H,1,4-10H2,2H3. The van der Waals surface area contributed by atoms with Gasteiger partial charge < -0.3 is 5.32 Å². The summed E-state index contributed by atoms with van der Waals surface area (Å²) in [5.74, 6) is 0. The second kappa shape index (κ2) is 6.75. The number of aryl methyl sites for hydroxylation is 2. The maximum atomic E-state index is 3.80. The number of allylic oxidation sites excluding steroid dienone is 1. The van der Waals surface area contributed by atoms with Crippen molar-refractivity contribution in [2.75, 3.05) is 6.54 Å². The van der Waals surface area contributed by atoms with Crippen LogP contribution in [0.15, 0.2) is 30.9 Å². The van der Waals surface area contributed by atoms with Crippen molar-refractivity contribution in [1.29, 1.82) is 0 Å². The normalized spacial score (nSPS) is 15.4. The molecule has 0 aliphatic heterocycles. The van der Waals surface area contributed by atoms with Gasteiger partial charge in [0.2, 0.25) is 0 Å². The molecule has 0 heterocycles. The van der Waals surface area contributed by atoms with Crippen LogP contribution in [-0.4, -0.2) is 6.54 Å². The molecule has 0 saturated carbocycles. The Morgan fingerprint density at radius 2 is 2.17 bits per heavy atom. The van der Waals surface area contributed by atoms with Gasteiger partial charge in [0, 0.05) is 6.04 Å². The molecule has 1 nitrogen and oxygen atoms in total. The number of nitrogens with one attached hydrogen (secondary N) is 1. The van der Waals surface area contributed by atoms with Crippen molar-refractivity contribution in [3.8, 4) is 0 Å². The summed E-state index contributed by atoms with van der Waals surface area (Å²) in [6, 6.07) is 7.62. The van der Waals surface area contributed by atoms with Gasteiger partial charge in [-0.1, -0.05) is 31.2 Å². The number of benzene rings is 1. The molecule has 0 radical (unpaired) electrons. The summed E-state index contributed by atoms with van der Waals surface area (Å²) < 4.78 is 0. The van der Waals surface area contributed by atoms with Gasteiger partial charge in [-0.15, -0.1) is 6.58 Å². The first-order valence-corrected chi connectivity index (χ1v) is 7.31. The van der Waals surface area contributed by atoms with E-state index in [4.69, 9.17) is 0 Å². The lowest BCUT2D eigenvalue weighted by Gasteiger charge is -2.19. The van der Waals surface area contributed by atoms with E-state index in [-0.39, 0.29) is 0 Å². The van der Waals surface area contributed by atoms with E-state index in [1.807, 2.05) is 6.08 Å². The minimum Gasteiger partial charge on any atom is -0.310 e. The van der Waals surface area contributed by atoms with Crippen LogP contribution in [0.1, 0.15) is 55.3 Å². The molecule has 1 aliphatic rings. The highest BCUT2D eigenvalue weighted by Crippen LogP contribution is 2.27. The first-order valence-electron chi connectivity index (χ1n) is 7.31. The summed E-state index contributed by atoms with van der Waals surface area (Å²) >= 11 is 0. The van der Waals surface area contributed by atoms with Gasteiger partial charge in [-0.3, -0.25) is 0 Å². The number of unbranched alkanes of at least 4 members (excludes halogenated alkanes) is 1. The van der Waals surface area contributed by atoms with Crippen molar-refractivity contribution in [2.45, 2.75) is 51.5 Å². The molecule has 2 rings (SSSR count). The summed E-state index contributed by atoms with van der Waals surface area (Å²) in [7, 11) is 0. The van der Waals surface area contributed by atoms with Crippen LogP contribution in [0, 0.1) is 0 Å². The second-order valence-electron chi connectivity index (χ2n) is 5.21.